The molecule has 0 aliphatic heterocycles. The zero-order chi connectivity index (χ0) is 9.03. The number of pyridine rings is 1. The Morgan fingerprint density at radius 2 is 1.79 bits per heavy atom. The summed E-state index contributed by atoms with van der Waals surface area (Å²) >= 11 is 0. The molecule has 1 aromatic heterocycles. The molecule has 0 unspecified atom stereocenters. The molecule has 1 rings (SSSR count). The van der Waals surface area contributed by atoms with E-state index in [4.69, 9.17) is 0 Å². The van der Waals surface area contributed by atoms with Gasteiger partial charge >= 0.3 is 29.6 Å². The van der Waals surface area contributed by atoms with Crippen LogP contribution in [0.4, 0.5) is 0 Å². The maximum absolute atomic E-state index is 10.2. The van der Waals surface area contributed by atoms with E-state index >= 15 is 0 Å². The van der Waals surface area contributed by atoms with Gasteiger partial charge in [-0.2, -0.15) is 0 Å². The Balaban J connectivity index is 0. The van der Waals surface area contributed by atoms with Crippen LogP contribution in [0.2, 0.25) is 0 Å². The van der Waals surface area contributed by atoms with Gasteiger partial charge in [0, 0.05) is 18.1 Å². The fourth-order valence-electron chi connectivity index (χ4n) is 0.792. The van der Waals surface area contributed by atoms with Crippen LogP contribution >= 0.6 is 12.4 Å². The predicted molar refractivity (Wildman–Crippen MR) is 49.8 cm³/mol. The molecule has 0 fully saturated rings. The van der Waals surface area contributed by atoms with E-state index in [0.717, 1.165) is 5.56 Å². The fraction of sp³-hybridized carbons (Fsp3) is 0.286. The number of aryl methyl sites for hydroxylation is 1. The minimum atomic E-state index is -4.09. The van der Waals surface area contributed by atoms with Gasteiger partial charge in [-0.25, -0.2) is 8.42 Å². The quantitative estimate of drug-likeness (QED) is 0.440. The van der Waals surface area contributed by atoms with Gasteiger partial charge in [-0.3, -0.25) is 4.98 Å². The third-order valence-corrected chi connectivity index (χ3v) is 2.09. The largest absolute Gasteiger partial charge is 1.00 e. The number of nitrogens with zero attached hydrogens (tertiary/aromatic N) is 1. The Hall–Kier alpha value is 0.350. The first-order chi connectivity index (χ1) is 5.58. The number of hydrogen-bond donors (Lipinski definition) is 0. The van der Waals surface area contributed by atoms with Crippen LogP contribution in [-0.2, 0) is 16.5 Å². The molecule has 7 heteroatoms. The average molecular weight is 246 g/mol. The molecule has 0 N–H and O–H groups in total. The zero-order valence-electron chi connectivity index (χ0n) is 7.71. The van der Waals surface area contributed by atoms with E-state index in [1.165, 1.54) is 0 Å². The SMILES string of the molecule is Cl.O=S(=O)([O-])CCc1ccncc1.[Na+]. The summed E-state index contributed by atoms with van der Waals surface area (Å²) in [6, 6.07) is 3.37. The summed E-state index contributed by atoms with van der Waals surface area (Å²) < 4.78 is 30.7. The molecule has 1 aromatic rings. The number of hydrogen-bond acceptors (Lipinski definition) is 4. The van der Waals surface area contributed by atoms with Gasteiger partial charge in [0.1, 0.15) is 0 Å². The minimum Gasteiger partial charge on any atom is -0.748 e. The van der Waals surface area contributed by atoms with Gasteiger partial charge in [-0.1, -0.05) is 0 Å². The van der Waals surface area contributed by atoms with E-state index in [2.05, 4.69) is 4.98 Å². The Morgan fingerprint density at radius 3 is 2.21 bits per heavy atom. The van der Waals surface area contributed by atoms with Crippen molar-refractivity contribution in [2.24, 2.45) is 0 Å². The molecule has 0 radical (unpaired) electrons. The number of rotatable bonds is 3. The van der Waals surface area contributed by atoms with Crippen molar-refractivity contribution < 1.29 is 42.5 Å². The first-order valence-corrected chi connectivity index (χ1v) is 4.98. The predicted octanol–water partition coefficient (Wildman–Crippen LogP) is -2.40. The van der Waals surface area contributed by atoms with Gasteiger partial charge in [-0.15, -0.1) is 12.4 Å². The molecule has 74 valence electrons. The smallest absolute Gasteiger partial charge is 0.748 e. The summed E-state index contributed by atoms with van der Waals surface area (Å²) in [6.07, 6.45) is 3.38. The van der Waals surface area contributed by atoms with E-state index in [1.807, 2.05) is 0 Å². The van der Waals surface area contributed by atoms with Crippen LogP contribution in [0, 0.1) is 0 Å². The summed E-state index contributed by atoms with van der Waals surface area (Å²) in [5.74, 6) is -0.350. The normalized spacial score (nSPS) is 9.79. The van der Waals surface area contributed by atoms with Gasteiger partial charge in [0.25, 0.3) is 0 Å². The van der Waals surface area contributed by atoms with E-state index in [9.17, 15) is 13.0 Å². The monoisotopic (exact) mass is 245 g/mol. The molecule has 14 heavy (non-hydrogen) atoms. The Labute approximate surface area is 112 Å². The van der Waals surface area contributed by atoms with Crippen molar-refractivity contribution in [3.05, 3.63) is 30.1 Å². The number of aromatic nitrogens is 1. The average Bonchev–Trinajstić information content (AvgIpc) is 2.02. The van der Waals surface area contributed by atoms with Crippen molar-refractivity contribution in [3.63, 3.8) is 0 Å². The second kappa shape index (κ2) is 7.62. The van der Waals surface area contributed by atoms with Crippen molar-refractivity contribution in [1.82, 2.24) is 4.98 Å². The van der Waals surface area contributed by atoms with Gasteiger partial charge in [0.2, 0.25) is 0 Å². The summed E-state index contributed by atoms with van der Waals surface area (Å²) in [4.78, 5) is 3.76. The fourth-order valence-corrected chi connectivity index (χ4v) is 1.28. The van der Waals surface area contributed by atoms with E-state index in [-0.39, 0.29) is 54.1 Å². The Bertz CT molecular complexity index is 343. The molecule has 0 amide bonds. The Morgan fingerprint density at radius 1 is 1.29 bits per heavy atom. The van der Waals surface area contributed by atoms with Gasteiger partial charge in [-0.05, 0) is 24.1 Å². The van der Waals surface area contributed by atoms with E-state index in [1.54, 1.807) is 24.5 Å². The molecule has 0 aliphatic rings. The van der Waals surface area contributed by atoms with Gasteiger partial charge in [0.15, 0.2) is 0 Å². The second-order valence-corrected chi connectivity index (χ2v) is 3.89. The molecule has 0 saturated carbocycles. The molecule has 0 bridgehead atoms. The van der Waals surface area contributed by atoms with Crippen molar-refractivity contribution in [2.75, 3.05) is 5.75 Å². The first kappa shape index (κ1) is 16.8. The summed E-state index contributed by atoms with van der Waals surface area (Å²) in [5.41, 5.74) is 0.810. The van der Waals surface area contributed by atoms with Crippen molar-refractivity contribution in [1.29, 1.82) is 0 Å². The minimum absolute atomic E-state index is 0. The summed E-state index contributed by atoms with van der Waals surface area (Å²) in [7, 11) is -4.09. The van der Waals surface area contributed by atoms with Gasteiger partial charge in [0.05, 0.1) is 10.1 Å². The van der Waals surface area contributed by atoms with Crippen LogP contribution in [0.15, 0.2) is 24.5 Å². The van der Waals surface area contributed by atoms with Crippen molar-refractivity contribution >= 4 is 22.5 Å². The Kier molecular flexibility index (Phi) is 9.12. The van der Waals surface area contributed by atoms with Gasteiger partial charge < -0.3 is 4.55 Å². The molecule has 0 spiro atoms. The third kappa shape index (κ3) is 7.73. The third-order valence-electron chi connectivity index (χ3n) is 1.39. The molecule has 0 aromatic carbocycles. The molecule has 1 heterocycles. The summed E-state index contributed by atoms with van der Waals surface area (Å²) in [5, 5.41) is 0. The number of halogens is 1. The molecular formula is C7H9ClNNaO3S. The summed E-state index contributed by atoms with van der Waals surface area (Å²) in [6.45, 7) is 0. The molecule has 0 aliphatic carbocycles. The van der Waals surface area contributed by atoms with Crippen LogP contribution < -0.4 is 29.6 Å². The van der Waals surface area contributed by atoms with Crippen LogP contribution in [0.5, 0.6) is 0 Å². The molecular weight excluding hydrogens is 237 g/mol. The molecule has 0 saturated heterocycles. The van der Waals surface area contributed by atoms with Crippen LogP contribution in [0.3, 0.4) is 0 Å². The van der Waals surface area contributed by atoms with Crippen molar-refractivity contribution in [2.45, 2.75) is 6.42 Å². The second-order valence-electron chi connectivity index (χ2n) is 2.37. The van der Waals surface area contributed by atoms with Crippen LogP contribution in [-0.4, -0.2) is 23.7 Å². The van der Waals surface area contributed by atoms with E-state index in [0.29, 0.717) is 0 Å². The standard InChI is InChI=1S/C7H9NO3S.ClH.Na/c9-12(10,11)6-3-7-1-4-8-5-2-7;;/h1-2,4-5H,3,6H2,(H,9,10,11);1H;/q;;+1/p-1. The topological polar surface area (TPSA) is 70.1 Å². The zero-order valence-corrected chi connectivity index (χ0v) is 11.3. The van der Waals surface area contributed by atoms with Crippen LogP contribution in [0.1, 0.15) is 5.56 Å². The maximum Gasteiger partial charge on any atom is 1.00 e. The molecule has 0 atom stereocenters. The molecule has 4 nitrogen and oxygen atoms in total. The van der Waals surface area contributed by atoms with E-state index < -0.39 is 10.1 Å². The van der Waals surface area contributed by atoms with Crippen LogP contribution in [0.25, 0.3) is 0 Å². The first-order valence-electron chi connectivity index (χ1n) is 3.40. The maximum atomic E-state index is 10.2. The van der Waals surface area contributed by atoms with Crippen molar-refractivity contribution in [3.8, 4) is 0 Å².